The van der Waals surface area contributed by atoms with Crippen LogP contribution in [0.1, 0.15) is 37.9 Å². The molecule has 0 saturated carbocycles. The molecule has 0 bridgehead atoms. The van der Waals surface area contributed by atoms with Crippen molar-refractivity contribution < 1.29 is 28.6 Å². The van der Waals surface area contributed by atoms with E-state index in [1.54, 1.807) is 24.3 Å². The average Bonchev–Trinajstić information content (AvgIpc) is 3.10. The van der Waals surface area contributed by atoms with Gasteiger partial charge in [-0.15, -0.1) is 0 Å². The number of rotatable bonds is 10. The molecule has 1 aliphatic rings. The number of carbonyl (C=O) groups excluding carboxylic acids is 2. The maximum Gasteiger partial charge on any atom is 0.295 e. The molecule has 34 heavy (non-hydrogen) atoms. The minimum Gasteiger partial charge on any atom is -0.507 e. The lowest BCUT2D eigenvalue weighted by atomic mass is 9.95. The molecule has 0 aromatic heterocycles. The summed E-state index contributed by atoms with van der Waals surface area (Å²) in [4.78, 5) is 29.8. The van der Waals surface area contributed by atoms with Gasteiger partial charge in [0.2, 0.25) is 0 Å². The van der Waals surface area contributed by atoms with Gasteiger partial charge >= 0.3 is 0 Å². The molecule has 182 valence electrons. The Morgan fingerprint density at radius 1 is 1.09 bits per heavy atom. The van der Waals surface area contributed by atoms with Crippen LogP contribution in [0.25, 0.3) is 5.76 Å². The molecule has 1 atom stereocenters. The van der Waals surface area contributed by atoms with E-state index in [2.05, 4.69) is 4.90 Å². The van der Waals surface area contributed by atoms with Gasteiger partial charge in [0.05, 0.1) is 25.3 Å². The van der Waals surface area contributed by atoms with Crippen molar-refractivity contribution in [2.45, 2.75) is 26.8 Å². The Labute approximate surface area is 199 Å². The summed E-state index contributed by atoms with van der Waals surface area (Å²) in [6, 6.07) is 10.2. The molecule has 1 fully saturated rings. The van der Waals surface area contributed by atoms with Crippen molar-refractivity contribution in [2.24, 2.45) is 0 Å². The third-order valence-electron chi connectivity index (χ3n) is 6.02. The predicted octanol–water partition coefficient (Wildman–Crippen LogP) is 4.00. The topological polar surface area (TPSA) is 79.3 Å². The molecule has 8 heteroatoms. The number of Topliss-reactive ketones (excluding diaryl/α,β-unsaturated/α-hetero) is 1. The largest absolute Gasteiger partial charge is 0.507 e. The maximum atomic E-state index is 14.3. The molecule has 1 saturated heterocycles. The van der Waals surface area contributed by atoms with Crippen LogP contribution in [0.15, 0.2) is 48.0 Å². The summed E-state index contributed by atoms with van der Waals surface area (Å²) in [5.74, 6) is -1.93. The van der Waals surface area contributed by atoms with Crippen LogP contribution in [0.2, 0.25) is 0 Å². The third-order valence-corrected chi connectivity index (χ3v) is 6.02. The standard InChI is InChI=1S/C26H31FN2O5/c1-5-28(6-2)14-15-29-23(17-8-11-19(12-9-17)34-7-3)22(25(31)26(29)32)24(30)18-10-13-21(33-4)20(27)16-18/h8-13,16,23,30H,5-7,14-15H2,1-4H3/t23-/m1/s1. The van der Waals surface area contributed by atoms with Gasteiger partial charge in [0.1, 0.15) is 11.5 Å². The van der Waals surface area contributed by atoms with Gasteiger partial charge in [0.25, 0.3) is 11.7 Å². The zero-order chi connectivity index (χ0) is 24.8. The van der Waals surface area contributed by atoms with E-state index < -0.39 is 29.3 Å². The van der Waals surface area contributed by atoms with E-state index in [0.29, 0.717) is 31.0 Å². The summed E-state index contributed by atoms with van der Waals surface area (Å²) in [5.41, 5.74) is 0.673. The number of hydrogen-bond acceptors (Lipinski definition) is 6. The number of carbonyl (C=O) groups is 2. The van der Waals surface area contributed by atoms with Gasteiger partial charge < -0.3 is 24.4 Å². The van der Waals surface area contributed by atoms with Gasteiger partial charge in [-0.2, -0.15) is 0 Å². The van der Waals surface area contributed by atoms with Crippen molar-refractivity contribution in [3.05, 3.63) is 65.0 Å². The number of halogens is 1. The Morgan fingerprint density at radius 2 is 1.76 bits per heavy atom. The van der Waals surface area contributed by atoms with Crippen LogP contribution in [0.3, 0.4) is 0 Å². The average molecular weight is 471 g/mol. The molecule has 1 N–H and O–H groups in total. The molecule has 1 aliphatic heterocycles. The summed E-state index contributed by atoms with van der Waals surface area (Å²) in [6.07, 6.45) is 0. The minimum absolute atomic E-state index is 0.0132. The number of likely N-dealkylation sites (N-methyl/N-ethyl adjacent to an activating group) is 1. The molecule has 0 unspecified atom stereocenters. The van der Waals surface area contributed by atoms with Crippen LogP contribution < -0.4 is 9.47 Å². The van der Waals surface area contributed by atoms with Crippen LogP contribution in [0.4, 0.5) is 4.39 Å². The molecule has 0 aliphatic carbocycles. The molecular weight excluding hydrogens is 439 g/mol. The molecule has 1 amide bonds. The third kappa shape index (κ3) is 5.07. The highest BCUT2D eigenvalue weighted by Gasteiger charge is 2.46. The van der Waals surface area contributed by atoms with Gasteiger partial charge in [0.15, 0.2) is 11.6 Å². The van der Waals surface area contributed by atoms with Gasteiger partial charge in [-0.25, -0.2) is 4.39 Å². The first kappa shape index (κ1) is 25.2. The number of amides is 1. The number of likely N-dealkylation sites (tertiary alicyclic amines) is 1. The zero-order valence-corrected chi connectivity index (χ0v) is 20.0. The summed E-state index contributed by atoms with van der Waals surface area (Å²) in [5, 5.41) is 11.1. The summed E-state index contributed by atoms with van der Waals surface area (Å²) < 4.78 is 24.8. The van der Waals surface area contributed by atoms with Crippen LogP contribution in [-0.4, -0.2) is 66.5 Å². The number of benzene rings is 2. The molecule has 7 nitrogen and oxygen atoms in total. The summed E-state index contributed by atoms with van der Waals surface area (Å²) >= 11 is 0. The Bertz CT molecular complexity index is 1060. The quantitative estimate of drug-likeness (QED) is 0.321. The van der Waals surface area contributed by atoms with Gasteiger partial charge in [-0.3, -0.25) is 9.59 Å². The highest BCUT2D eigenvalue weighted by Crippen LogP contribution is 2.40. The molecule has 3 rings (SSSR count). The van der Waals surface area contributed by atoms with Crippen molar-refractivity contribution in [3.63, 3.8) is 0 Å². The second-order valence-electron chi connectivity index (χ2n) is 7.87. The smallest absolute Gasteiger partial charge is 0.295 e. The first-order valence-electron chi connectivity index (χ1n) is 11.4. The van der Waals surface area contributed by atoms with Gasteiger partial charge in [-0.1, -0.05) is 26.0 Å². The fourth-order valence-corrected chi connectivity index (χ4v) is 4.13. The fourth-order valence-electron chi connectivity index (χ4n) is 4.13. The van der Waals surface area contributed by atoms with E-state index in [1.807, 2.05) is 20.8 Å². The molecule has 0 spiro atoms. The lowest BCUT2D eigenvalue weighted by Gasteiger charge is -2.28. The van der Waals surface area contributed by atoms with Crippen molar-refractivity contribution in [1.29, 1.82) is 0 Å². The molecule has 0 radical (unpaired) electrons. The van der Waals surface area contributed by atoms with Crippen LogP contribution in [0.5, 0.6) is 11.5 Å². The second-order valence-corrected chi connectivity index (χ2v) is 7.87. The first-order chi connectivity index (χ1) is 16.4. The van der Waals surface area contributed by atoms with Crippen molar-refractivity contribution in [1.82, 2.24) is 9.80 Å². The summed E-state index contributed by atoms with van der Waals surface area (Å²) in [6.45, 7) is 8.93. The van der Waals surface area contributed by atoms with Gasteiger partial charge in [0, 0.05) is 18.7 Å². The number of ketones is 1. The molecule has 2 aromatic rings. The number of hydrogen-bond donors (Lipinski definition) is 1. The summed E-state index contributed by atoms with van der Waals surface area (Å²) in [7, 11) is 1.34. The van der Waals surface area contributed by atoms with E-state index in [-0.39, 0.29) is 16.9 Å². The molecule has 1 heterocycles. The van der Waals surface area contributed by atoms with E-state index in [1.165, 1.54) is 24.1 Å². The Balaban J connectivity index is 2.09. The number of aliphatic hydroxyl groups is 1. The van der Waals surface area contributed by atoms with Crippen molar-refractivity contribution in [2.75, 3.05) is 39.9 Å². The first-order valence-corrected chi connectivity index (χ1v) is 11.4. The van der Waals surface area contributed by atoms with Crippen LogP contribution >= 0.6 is 0 Å². The maximum absolute atomic E-state index is 14.3. The zero-order valence-electron chi connectivity index (χ0n) is 20.0. The Morgan fingerprint density at radius 3 is 2.32 bits per heavy atom. The van der Waals surface area contributed by atoms with Crippen LogP contribution in [0, 0.1) is 5.82 Å². The van der Waals surface area contributed by atoms with Crippen molar-refractivity contribution >= 4 is 17.4 Å². The lowest BCUT2D eigenvalue weighted by molar-refractivity contribution is -0.140. The monoisotopic (exact) mass is 470 g/mol. The number of aliphatic hydroxyl groups excluding tert-OH is 1. The van der Waals surface area contributed by atoms with E-state index in [0.717, 1.165) is 19.2 Å². The minimum atomic E-state index is -0.809. The number of methoxy groups -OCH3 is 1. The predicted molar refractivity (Wildman–Crippen MR) is 127 cm³/mol. The van der Waals surface area contributed by atoms with E-state index in [4.69, 9.17) is 9.47 Å². The number of ether oxygens (including phenoxy) is 2. The molecule has 2 aromatic carbocycles. The Kier molecular flexibility index (Phi) is 8.28. The van der Waals surface area contributed by atoms with E-state index >= 15 is 0 Å². The van der Waals surface area contributed by atoms with Crippen LogP contribution in [-0.2, 0) is 9.59 Å². The Hall–Kier alpha value is -3.39. The fraction of sp³-hybridized carbons (Fsp3) is 0.385. The normalized spacial score (nSPS) is 17.5. The highest BCUT2D eigenvalue weighted by molar-refractivity contribution is 6.46. The van der Waals surface area contributed by atoms with Crippen molar-refractivity contribution in [3.8, 4) is 11.5 Å². The SMILES string of the molecule is CCOc1ccc([C@@H]2C(=C(O)c3ccc(OC)c(F)c3)C(=O)C(=O)N2CCN(CC)CC)cc1. The highest BCUT2D eigenvalue weighted by atomic mass is 19.1. The number of nitrogens with zero attached hydrogens (tertiary/aromatic N) is 2. The second kappa shape index (κ2) is 11.2. The van der Waals surface area contributed by atoms with E-state index in [9.17, 15) is 19.1 Å². The van der Waals surface area contributed by atoms with Gasteiger partial charge in [-0.05, 0) is 55.9 Å². The molecular formula is C26H31FN2O5. The lowest BCUT2D eigenvalue weighted by Crippen LogP contribution is -2.38.